The third kappa shape index (κ3) is 3.86. The monoisotopic (exact) mass is 459 g/mol. The van der Waals surface area contributed by atoms with Crippen molar-refractivity contribution in [2.24, 2.45) is 0 Å². The highest BCUT2D eigenvalue weighted by atomic mass is 16.2. The highest BCUT2D eigenvalue weighted by Gasteiger charge is 2.37. The molecule has 0 N–H and O–H groups in total. The molecule has 0 spiro atoms. The van der Waals surface area contributed by atoms with Gasteiger partial charge in [-0.25, -0.2) is 4.98 Å². The molecule has 0 fully saturated rings. The Balaban J connectivity index is 1.24. The molecule has 5 rings (SSSR count). The second-order valence-electron chi connectivity index (χ2n) is 7.95. The van der Waals surface area contributed by atoms with Crippen molar-refractivity contribution in [1.29, 1.82) is 0 Å². The fourth-order valence-corrected chi connectivity index (χ4v) is 3.95. The van der Waals surface area contributed by atoms with E-state index in [1.165, 1.54) is 6.20 Å². The van der Waals surface area contributed by atoms with Crippen LogP contribution in [0.2, 0.25) is 0 Å². The van der Waals surface area contributed by atoms with Gasteiger partial charge in [0.05, 0.1) is 34.8 Å². The minimum atomic E-state index is -0.610. The van der Waals surface area contributed by atoms with E-state index < -0.39 is 6.04 Å². The van der Waals surface area contributed by atoms with Crippen LogP contribution in [0, 0.1) is 23.7 Å². The highest BCUT2D eigenvalue weighted by molar-refractivity contribution is 6.22. The standard InChI is InChI=1S/C28H17N3O4/c1-18(31-27(34)23-10-4-5-11-24(23)28(31)35)12-13-19-14-15-20(29-17-19)7-6-16-30-25(32)21-8-2-3-9-22(21)26(30)33/h2-5,8-11,14-15,17-18H,16H2,1H3/t18-/m0/s1. The number of aromatic nitrogens is 1. The molecule has 2 aliphatic heterocycles. The van der Waals surface area contributed by atoms with Crippen LogP contribution < -0.4 is 0 Å². The molecule has 7 nitrogen and oxygen atoms in total. The van der Waals surface area contributed by atoms with Crippen LogP contribution in [0.5, 0.6) is 0 Å². The first-order valence-electron chi connectivity index (χ1n) is 10.8. The van der Waals surface area contributed by atoms with Crippen LogP contribution in [0.1, 0.15) is 59.6 Å². The lowest BCUT2D eigenvalue weighted by Crippen LogP contribution is -2.37. The molecular formula is C28H17N3O4. The molecule has 3 heterocycles. The number of carbonyl (C=O) groups excluding carboxylic acids is 4. The molecular weight excluding hydrogens is 442 g/mol. The zero-order valence-electron chi connectivity index (χ0n) is 18.6. The van der Waals surface area contributed by atoms with Gasteiger partial charge in [-0.15, -0.1) is 0 Å². The maximum absolute atomic E-state index is 12.6. The van der Waals surface area contributed by atoms with E-state index in [4.69, 9.17) is 0 Å². The zero-order valence-corrected chi connectivity index (χ0v) is 18.6. The molecule has 0 saturated carbocycles. The van der Waals surface area contributed by atoms with Gasteiger partial charge in [0.2, 0.25) is 0 Å². The molecule has 0 radical (unpaired) electrons. The number of hydrogen-bond acceptors (Lipinski definition) is 5. The summed E-state index contributed by atoms with van der Waals surface area (Å²) in [5.74, 6) is 10.1. The molecule has 0 unspecified atom stereocenters. The normalized spacial score (nSPS) is 14.7. The Hall–Kier alpha value is -5.01. The first-order valence-corrected chi connectivity index (χ1v) is 10.8. The van der Waals surface area contributed by atoms with E-state index in [2.05, 4.69) is 28.7 Å². The van der Waals surface area contributed by atoms with Crippen LogP contribution in [-0.4, -0.2) is 51.0 Å². The lowest BCUT2D eigenvalue weighted by molar-refractivity contribution is 0.0625. The van der Waals surface area contributed by atoms with Crippen molar-refractivity contribution in [1.82, 2.24) is 14.8 Å². The number of pyridine rings is 1. The first kappa shape index (κ1) is 21.8. The average molecular weight is 459 g/mol. The molecule has 35 heavy (non-hydrogen) atoms. The van der Waals surface area contributed by atoms with Gasteiger partial charge in [-0.3, -0.25) is 29.0 Å². The van der Waals surface area contributed by atoms with Crippen molar-refractivity contribution < 1.29 is 19.2 Å². The summed E-state index contributed by atoms with van der Waals surface area (Å²) in [6.07, 6.45) is 1.54. The number of hydrogen-bond donors (Lipinski definition) is 0. The molecule has 1 atom stereocenters. The fraction of sp³-hybridized carbons (Fsp3) is 0.107. The third-order valence-electron chi connectivity index (χ3n) is 5.73. The van der Waals surface area contributed by atoms with Gasteiger partial charge in [0.15, 0.2) is 0 Å². The van der Waals surface area contributed by atoms with Gasteiger partial charge >= 0.3 is 0 Å². The predicted octanol–water partition coefficient (Wildman–Crippen LogP) is 2.77. The number of fused-ring (bicyclic) bond motifs is 2. The van der Waals surface area contributed by atoms with Crippen molar-refractivity contribution in [3.63, 3.8) is 0 Å². The van der Waals surface area contributed by atoms with Gasteiger partial charge in [0, 0.05) is 11.8 Å². The second-order valence-corrected chi connectivity index (χ2v) is 7.95. The summed E-state index contributed by atoms with van der Waals surface area (Å²) in [5, 5.41) is 0. The minimum Gasteiger partial charge on any atom is -0.269 e. The van der Waals surface area contributed by atoms with Gasteiger partial charge < -0.3 is 0 Å². The molecule has 0 aliphatic carbocycles. The van der Waals surface area contributed by atoms with Crippen LogP contribution in [-0.2, 0) is 0 Å². The summed E-state index contributed by atoms with van der Waals surface area (Å²) in [6, 6.07) is 16.2. The summed E-state index contributed by atoms with van der Waals surface area (Å²) in [4.78, 5) is 56.4. The van der Waals surface area contributed by atoms with Crippen molar-refractivity contribution in [3.8, 4) is 23.7 Å². The summed E-state index contributed by atoms with van der Waals surface area (Å²) in [6.45, 7) is 1.66. The van der Waals surface area contributed by atoms with E-state index in [-0.39, 0.29) is 30.2 Å². The Morgan fingerprint density at radius 1 is 0.743 bits per heavy atom. The average Bonchev–Trinajstić information content (AvgIpc) is 3.28. The molecule has 2 aliphatic rings. The van der Waals surface area contributed by atoms with Gasteiger partial charge in [0.25, 0.3) is 23.6 Å². The Morgan fingerprint density at radius 2 is 1.29 bits per heavy atom. The van der Waals surface area contributed by atoms with Gasteiger partial charge in [-0.2, -0.15) is 0 Å². The molecule has 168 valence electrons. The van der Waals surface area contributed by atoms with Crippen LogP contribution in [0.25, 0.3) is 0 Å². The summed E-state index contributed by atoms with van der Waals surface area (Å²) < 4.78 is 0. The Bertz CT molecular complexity index is 1460. The van der Waals surface area contributed by atoms with Crippen LogP contribution >= 0.6 is 0 Å². The molecule has 2 aromatic carbocycles. The maximum Gasteiger partial charge on any atom is 0.262 e. The number of nitrogens with zero attached hydrogens (tertiary/aromatic N) is 3. The topological polar surface area (TPSA) is 87.7 Å². The molecule has 0 saturated heterocycles. The van der Waals surface area contributed by atoms with Gasteiger partial charge in [-0.1, -0.05) is 42.0 Å². The molecule has 7 heteroatoms. The zero-order chi connectivity index (χ0) is 24.5. The van der Waals surface area contributed by atoms with E-state index >= 15 is 0 Å². The lowest BCUT2D eigenvalue weighted by Gasteiger charge is -2.17. The maximum atomic E-state index is 12.6. The van der Waals surface area contributed by atoms with E-state index in [0.29, 0.717) is 33.5 Å². The lowest BCUT2D eigenvalue weighted by atomic mass is 10.1. The minimum absolute atomic E-state index is 0.0343. The fourth-order valence-electron chi connectivity index (χ4n) is 3.95. The van der Waals surface area contributed by atoms with Crippen molar-refractivity contribution >= 4 is 23.6 Å². The van der Waals surface area contributed by atoms with Crippen molar-refractivity contribution in [2.75, 3.05) is 6.54 Å². The summed E-state index contributed by atoms with van der Waals surface area (Å²) >= 11 is 0. The van der Waals surface area contributed by atoms with E-state index in [1.807, 2.05) is 0 Å². The second kappa shape index (κ2) is 8.74. The number of carbonyl (C=O) groups is 4. The highest BCUT2D eigenvalue weighted by Crippen LogP contribution is 2.24. The van der Waals surface area contributed by atoms with Crippen molar-refractivity contribution in [2.45, 2.75) is 13.0 Å². The Kier molecular flexibility index (Phi) is 5.44. The van der Waals surface area contributed by atoms with E-state index in [1.54, 1.807) is 67.6 Å². The SMILES string of the molecule is C[C@@H](C#Cc1ccc(C#CCN2C(=O)c3ccccc3C2=O)nc1)N1C(=O)c2ccccc2C1=O. The Labute approximate surface area is 201 Å². The summed E-state index contributed by atoms with van der Waals surface area (Å²) in [7, 11) is 0. The van der Waals surface area contributed by atoms with E-state index in [0.717, 1.165) is 9.80 Å². The third-order valence-corrected chi connectivity index (χ3v) is 5.73. The number of amides is 4. The predicted molar refractivity (Wildman–Crippen MR) is 126 cm³/mol. The van der Waals surface area contributed by atoms with Crippen LogP contribution in [0.3, 0.4) is 0 Å². The summed E-state index contributed by atoms with van der Waals surface area (Å²) in [5.41, 5.74) is 2.60. The molecule has 1 aromatic heterocycles. The first-order chi connectivity index (χ1) is 17.0. The smallest absolute Gasteiger partial charge is 0.262 e. The quantitative estimate of drug-likeness (QED) is 0.435. The largest absolute Gasteiger partial charge is 0.269 e. The number of rotatable bonds is 2. The van der Waals surface area contributed by atoms with E-state index in [9.17, 15) is 19.2 Å². The molecule has 0 bridgehead atoms. The molecule has 4 amide bonds. The van der Waals surface area contributed by atoms with Crippen molar-refractivity contribution in [3.05, 3.63) is 100 Å². The number of benzene rings is 2. The Morgan fingerprint density at radius 3 is 1.80 bits per heavy atom. The van der Waals surface area contributed by atoms with Gasteiger partial charge in [0.1, 0.15) is 5.69 Å². The number of imide groups is 2. The van der Waals surface area contributed by atoms with Gasteiger partial charge in [-0.05, 0) is 49.2 Å². The van der Waals surface area contributed by atoms with Crippen LogP contribution in [0.15, 0.2) is 66.9 Å². The molecule has 3 aromatic rings. The van der Waals surface area contributed by atoms with Crippen LogP contribution in [0.4, 0.5) is 0 Å².